The van der Waals surface area contributed by atoms with Gasteiger partial charge < -0.3 is 4.57 Å². The molecule has 51 heavy (non-hydrogen) atoms. The van der Waals surface area contributed by atoms with Crippen molar-refractivity contribution in [3.05, 3.63) is 175 Å². The van der Waals surface area contributed by atoms with Crippen LogP contribution < -0.4 is 0 Å². The van der Waals surface area contributed by atoms with Crippen LogP contribution in [0.5, 0.6) is 0 Å². The van der Waals surface area contributed by atoms with Crippen LogP contribution in [0.15, 0.2) is 164 Å². The van der Waals surface area contributed by atoms with Crippen LogP contribution in [-0.4, -0.2) is 24.5 Å². The standard InChI is InChI=1S/C46H33N5/c1-30-13-21-42-40(27-30)41-28-31(2)14-22-43(41)51(42)37-18-15-33(16-19-37)39-29-36(32-23-25-47-26-24-32)17-20-38(39)46-49-44(34-9-5-3-6-10-34)48-45(50-46)35-11-7-4-8-12-35/h3-29H,1-2H3. The Kier molecular flexibility index (Phi) is 7.51. The van der Waals surface area contributed by atoms with Crippen molar-refractivity contribution in [2.45, 2.75) is 13.8 Å². The van der Waals surface area contributed by atoms with E-state index < -0.39 is 0 Å². The highest BCUT2D eigenvalue weighted by Crippen LogP contribution is 2.38. The Hall–Kier alpha value is -6.72. The third kappa shape index (κ3) is 5.65. The summed E-state index contributed by atoms with van der Waals surface area (Å²) in [7, 11) is 0. The SMILES string of the molecule is Cc1ccc2c(c1)c1cc(C)ccc1n2-c1ccc(-c2cc(-c3ccncc3)ccc2-c2nc(-c3ccccc3)nc(-c3ccccc3)n2)cc1. The molecular weight excluding hydrogens is 623 g/mol. The summed E-state index contributed by atoms with van der Waals surface area (Å²) in [5.74, 6) is 1.89. The fourth-order valence-corrected chi connectivity index (χ4v) is 6.95. The Morgan fingerprint density at radius 3 is 1.49 bits per heavy atom. The van der Waals surface area contributed by atoms with Crippen molar-refractivity contribution in [3.8, 4) is 62.1 Å². The second kappa shape index (κ2) is 12.6. The van der Waals surface area contributed by atoms with E-state index in [0.717, 1.165) is 44.6 Å². The Morgan fingerprint density at radius 1 is 0.392 bits per heavy atom. The van der Waals surface area contributed by atoms with Gasteiger partial charge in [0.25, 0.3) is 0 Å². The van der Waals surface area contributed by atoms with Gasteiger partial charge in [-0.15, -0.1) is 0 Å². The van der Waals surface area contributed by atoms with Gasteiger partial charge in [0, 0.05) is 45.5 Å². The van der Waals surface area contributed by atoms with Crippen LogP contribution >= 0.6 is 0 Å². The molecule has 0 spiro atoms. The maximum Gasteiger partial charge on any atom is 0.164 e. The number of rotatable bonds is 6. The molecule has 9 rings (SSSR count). The van der Waals surface area contributed by atoms with Crippen molar-refractivity contribution in [1.82, 2.24) is 24.5 Å². The van der Waals surface area contributed by atoms with E-state index in [9.17, 15) is 0 Å². The molecule has 0 fully saturated rings. The average molecular weight is 656 g/mol. The molecule has 0 aliphatic heterocycles. The second-order valence-corrected chi connectivity index (χ2v) is 13.0. The quantitative estimate of drug-likeness (QED) is 0.179. The number of aryl methyl sites for hydroxylation is 2. The van der Waals surface area contributed by atoms with Crippen molar-refractivity contribution in [2.24, 2.45) is 0 Å². The van der Waals surface area contributed by atoms with Crippen molar-refractivity contribution in [1.29, 1.82) is 0 Å². The number of nitrogens with zero attached hydrogens (tertiary/aromatic N) is 5. The smallest absolute Gasteiger partial charge is 0.164 e. The van der Waals surface area contributed by atoms with Gasteiger partial charge in [-0.1, -0.05) is 102 Å². The summed E-state index contributed by atoms with van der Waals surface area (Å²) in [5, 5.41) is 2.53. The summed E-state index contributed by atoms with van der Waals surface area (Å²) in [6.45, 7) is 4.31. The third-order valence-corrected chi connectivity index (χ3v) is 9.49. The molecule has 242 valence electrons. The predicted molar refractivity (Wildman–Crippen MR) is 209 cm³/mol. The molecule has 5 nitrogen and oxygen atoms in total. The molecule has 5 heteroatoms. The van der Waals surface area contributed by atoms with Crippen molar-refractivity contribution >= 4 is 21.8 Å². The highest BCUT2D eigenvalue weighted by Gasteiger charge is 2.18. The van der Waals surface area contributed by atoms with Gasteiger partial charge in [0.1, 0.15) is 0 Å². The molecule has 6 aromatic carbocycles. The van der Waals surface area contributed by atoms with E-state index in [1.807, 2.05) is 85.2 Å². The summed E-state index contributed by atoms with van der Waals surface area (Å²) in [6.07, 6.45) is 3.66. The third-order valence-electron chi connectivity index (χ3n) is 9.49. The fourth-order valence-electron chi connectivity index (χ4n) is 6.95. The first kappa shape index (κ1) is 30.3. The van der Waals surface area contributed by atoms with Gasteiger partial charge in [0.15, 0.2) is 17.5 Å². The molecule has 9 aromatic rings. The van der Waals surface area contributed by atoms with Crippen LogP contribution in [0.2, 0.25) is 0 Å². The lowest BCUT2D eigenvalue weighted by Gasteiger charge is -2.15. The minimum Gasteiger partial charge on any atom is -0.309 e. The lowest BCUT2D eigenvalue weighted by atomic mass is 9.94. The zero-order valence-electron chi connectivity index (χ0n) is 28.3. The molecular formula is C46H33N5. The van der Waals surface area contributed by atoms with Gasteiger partial charge in [0.05, 0.1) is 11.0 Å². The molecule has 3 aromatic heterocycles. The number of fused-ring (bicyclic) bond motifs is 3. The summed E-state index contributed by atoms with van der Waals surface area (Å²) in [4.78, 5) is 19.4. The number of pyridine rings is 1. The van der Waals surface area contributed by atoms with E-state index in [1.54, 1.807) is 0 Å². The minimum atomic E-state index is 0.621. The van der Waals surface area contributed by atoms with Crippen molar-refractivity contribution < 1.29 is 0 Å². The predicted octanol–water partition coefficient (Wildman–Crippen LogP) is 11.3. The summed E-state index contributed by atoms with van der Waals surface area (Å²) < 4.78 is 2.37. The zero-order chi connectivity index (χ0) is 34.3. The maximum absolute atomic E-state index is 5.09. The Labute approximate surface area is 296 Å². The minimum absolute atomic E-state index is 0.621. The first-order chi connectivity index (χ1) is 25.1. The van der Waals surface area contributed by atoms with Gasteiger partial charge in [-0.2, -0.15) is 0 Å². The molecule has 0 N–H and O–H groups in total. The molecule has 0 atom stereocenters. The average Bonchev–Trinajstić information content (AvgIpc) is 3.51. The first-order valence-corrected chi connectivity index (χ1v) is 17.1. The van der Waals surface area contributed by atoms with Crippen LogP contribution in [0, 0.1) is 13.8 Å². The van der Waals surface area contributed by atoms with E-state index in [4.69, 9.17) is 15.0 Å². The molecule has 0 unspecified atom stereocenters. The summed E-state index contributed by atoms with van der Waals surface area (Å²) in [5.41, 5.74) is 13.1. The zero-order valence-corrected chi connectivity index (χ0v) is 28.3. The van der Waals surface area contributed by atoms with Crippen molar-refractivity contribution in [3.63, 3.8) is 0 Å². The Bertz CT molecular complexity index is 2560. The van der Waals surface area contributed by atoms with Crippen LogP contribution in [0.25, 0.3) is 83.9 Å². The topological polar surface area (TPSA) is 56.5 Å². The molecule has 0 aliphatic rings. The lowest BCUT2D eigenvalue weighted by Crippen LogP contribution is -2.01. The molecule has 0 saturated heterocycles. The van der Waals surface area contributed by atoms with Gasteiger partial charge in [-0.25, -0.2) is 15.0 Å². The number of hydrogen-bond acceptors (Lipinski definition) is 4. The summed E-state index contributed by atoms with van der Waals surface area (Å²) >= 11 is 0. The summed E-state index contributed by atoms with van der Waals surface area (Å²) in [6, 6.07) is 53.1. The van der Waals surface area contributed by atoms with Gasteiger partial charge in [-0.3, -0.25) is 4.98 Å². The van der Waals surface area contributed by atoms with Gasteiger partial charge >= 0.3 is 0 Å². The van der Waals surface area contributed by atoms with E-state index in [1.165, 1.54) is 32.9 Å². The van der Waals surface area contributed by atoms with E-state index in [-0.39, 0.29) is 0 Å². The monoisotopic (exact) mass is 655 g/mol. The van der Waals surface area contributed by atoms with Crippen LogP contribution in [0.3, 0.4) is 0 Å². The maximum atomic E-state index is 5.09. The van der Waals surface area contributed by atoms with E-state index in [0.29, 0.717) is 17.5 Å². The fraction of sp³-hybridized carbons (Fsp3) is 0.0435. The van der Waals surface area contributed by atoms with Crippen LogP contribution in [-0.2, 0) is 0 Å². The number of hydrogen-bond donors (Lipinski definition) is 0. The Balaban J connectivity index is 1.23. The van der Waals surface area contributed by atoms with Crippen LogP contribution in [0.1, 0.15) is 11.1 Å². The molecule has 0 saturated carbocycles. The number of aromatic nitrogens is 5. The first-order valence-electron chi connectivity index (χ1n) is 17.1. The molecule has 0 bridgehead atoms. The normalized spacial score (nSPS) is 11.3. The van der Waals surface area contributed by atoms with Gasteiger partial charge in [0.2, 0.25) is 0 Å². The highest BCUT2D eigenvalue weighted by atomic mass is 15.0. The highest BCUT2D eigenvalue weighted by molar-refractivity contribution is 6.09. The largest absolute Gasteiger partial charge is 0.309 e. The lowest BCUT2D eigenvalue weighted by molar-refractivity contribution is 1.07. The van der Waals surface area contributed by atoms with Crippen molar-refractivity contribution in [2.75, 3.05) is 0 Å². The van der Waals surface area contributed by atoms with Crippen LogP contribution in [0.4, 0.5) is 0 Å². The second-order valence-electron chi connectivity index (χ2n) is 13.0. The molecule has 0 aliphatic carbocycles. The van der Waals surface area contributed by atoms with E-state index in [2.05, 4.69) is 102 Å². The molecule has 0 amide bonds. The van der Waals surface area contributed by atoms with E-state index >= 15 is 0 Å². The molecule has 0 radical (unpaired) electrons. The van der Waals surface area contributed by atoms with Gasteiger partial charge in [-0.05, 0) is 96.8 Å². The number of benzene rings is 6. The molecule has 3 heterocycles. The Morgan fingerprint density at radius 2 is 0.922 bits per heavy atom.